The molecular formula is C14H13N5O3. The molecule has 1 aromatic carbocycles. The number of aromatic amines is 1. The molecule has 2 N–H and O–H groups in total. The Balaban J connectivity index is 1.65. The van der Waals surface area contributed by atoms with Crippen LogP contribution >= 0.6 is 0 Å². The summed E-state index contributed by atoms with van der Waals surface area (Å²) in [6.45, 7) is 1.59. The van der Waals surface area contributed by atoms with Crippen molar-refractivity contribution < 1.29 is 14.1 Å². The highest BCUT2D eigenvalue weighted by Gasteiger charge is 2.11. The summed E-state index contributed by atoms with van der Waals surface area (Å²) in [6.07, 6.45) is 1.41. The van der Waals surface area contributed by atoms with Gasteiger partial charge in [0.1, 0.15) is 17.8 Å². The third-order valence-electron chi connectivity index (χ3n) is 2.81. The summed E-state index contributed by atoms with van der Waals surface area (Å²) >= 11 is 0. The summed E-state index contributed by atoms with van der Waals surface area (Å²) in [5.74, 6) is 1.75. The number of aromatic nitrogens is 4. The van der Waals surface area contributed by atoms with Crippen LogP contribution in [-0.4, -0.2) is 32.9 Å². The van der Waals surface area contributed by atoms with E-state index in [0.29, 0.717) is 23.2 Å². The number of para-hydroxylation sites is 1. The topological polar surface area (TPSA) is 106 Å². The van der Waals surface area contributed by atoms with Crippen LogP contribution in [0.25, 0.3) is 11.4 Å². The number of rotatable bonds is 5. The lowest BCUT2D eigenvalue weighted by Crippen LogP contribution is -2.20. The van der Waals surface area contributed by atoms with Gasteiger partial charge in [-0.25, -0.2) is 4.98 Å². The second-order valence-corrected chi connectivity index (χ2v) is 4.49. The lowest BCUT2D eigenvalue weighted by atomic mass is 10.2. The normalized spacial score (nSPS) is 10.4. The first kappa shape index (κ1) is 13.8. The maximum atomic E-state index is 11.8. The van der Waals surface area contributed by atoms with E-state index < -0.39 is 0 Å². The van der Waals surface area contributed by atoms with Gasteiger partial charge in [0, 0.05) is 6.07 Å². The summed E-state index contributed by atoms with van der Waals surface area (Å²) in [6, 6.07) is 8.87. The highest BCUT2D eigenvalue weighted by molar-refractivity contribution is 5.91. The molecule has 0 bridgehead atoms. The van der Waals surface area contributed by atoms with E-state index in [1.165, 1.54) is 6.33 Å². The highest BCUT2D eigenvalue weighted by atomic mass is 16.5. The molecule has 0 radical (unpaired) electrons. The number of H-pyrrole nitrogens is 1. The summed E-state index contributed by atoms with van der Waals surface area (Å²) in [5, 5.41) is 12.8. The van der Waals surface area contributed by atoms with Crippen molar-refractivity contribution in [3.63, 3.8) is 0 Å². The minimum Gasteiger partial charge on any atom is -0.483 e. The Morgan fingerprint density at radius 3 is 3.00 bits per heavy atom. The van der Waals surface area contributed by atoms with Gasteiger partial charge in [0.15, 0.2) is 18.2 Å². The van der Waals surface area contributed by atoms with E-state index in [1.54, 1.807) is 19.1 Å². The average molecular weight is 299 g/mol. The van der Waals surface area contributed by atoms with Crippen molar-refractivity contribution in [2.24, 2.45) is 0 Å². The Kier molecular flexibility index (Phi) is 3.82. The SMILES string of the molecule is Cc1cc(NC(=O)COc2ccccc2-c2ncn[nH]2)no1. The number of anilines is 1. The van der Waals surface area contributed by atoms with E-state index in [-0.39, 0.29) is 12.5 Å². The molecule has 0 aliphatic rings. The number of carbonyl (C=O) groups is 1. The predicted molar refractivity (Wildman–Crippen MR) is 77.2 cm³/mol. The van der Waals surface area contributed by atoms with E-state index in [0.717, 1.165) is 5.56 Å². The van der Waals surface area contributed by atoms with Crippen LogP contribution in [0, 0.1) is 6.92 Å². The number of aryl methyl sites for hydroxylation is 1. The molecule has 112 valence electrons. The summed E-state index contributed by atoms with van der Waals surface area (Å²) in [4.78, 5) is 15.9. The Bertz CT molecular complexity index is 766. The van der Waals surface area contributed by atoms with Crippen molar-refractivity contribution in [2.75, 3.05) is 11.9 Å². The molecule has 22 heavy (non-hydrogen) atoms. The van der Waals surface area contributed by atoms with Crippen molar-refractivity contribution in [1.82, 2.24) is 20.3 Å². The Labute approximate surface area is 125 Å². The van der Waals surface area contributed by atoms with Crippen LogP contribution in [0.2, 0.25) is 0 Å². The zero-order chi connectivity index (χ0) is 15.4. The fourth-order valence-electron chi connectivity index (χ4n) is 1.87. The lowest BCUT2D eigenvalue weighted by Gasteiger charge is -2.09. The quantitative estimate of drug-likeness (QED) is 0.744. The van der Waals surface area contributed by atoms with Gasteiger partial charge in [-0.1, -0.05) is 17.3 Å². The standard InChI is InChI=1S/C14H13N5O3/c1-9-6-12(19-22-9)17-13(20)7-21-11-5-3-2-4-10(11)14-15-8-16-18-14/h2-6,8H,7H2,1H3,(H,15,16,18)(H,17,19,20). The third kappa shape index (κ3) is 3.11. The summed E-state index contributed by atoms with van der Waals surface area (Å²) in [7, 11) is 0. The molecule has 0 aliphatic carbocycles. The Morgan fingerprint density at radius 2 is 2.27 bits per heavy atom. The highest BCUT2D eigenvalue weighted by Crippen LogP contribution is 2.26. The molecule has 3 aromatic rings. The van der Waals surface area contributed by atoms with Gasteiger partial charge in [-0.2, -0.15) is 5.10 Å². The smallest absolute Gasteiger partial charge is 0.263 e. The molecule has 2 heterocycles. The van der Waals surface area contributed by atoms with Crippen LogP contribution in [0.1, 0.15) is 5.76 Å². The monoisotopic (exact) mass is 299 g/mol. The molecule has 8 nitrogen and oxygen atoms in total. The summed E-state index contributed by atoms with van der Waals surface area (Å²) < 4.78 is 10.4. The number of carbonyl (C=O) groups excluding carboxylic acids is 1. The van der Waals surface area contributed by atoms with Gasteiger partial charge in [-0.3, -0.25) is 9.89 Å². The summed E-state index contributed by atoms with van der Waals surface area (Å²) in [5.41, 5.74) is 0.727. The first-order valence-electron chi connectivity index (χ1n) is 6.53. The number of amides is 1. The lowest BCUT2D eigenvalue weighted by molar-refractivity contribution is -0.118. The molecule has 0 aliphatic heterocycles. The van der Waals surface area contributed by atoms with Crippen LogP contribution in [0.5, 0.6) is 5.75 Å². The number of ether oxygens (including phenoxy) is 1. The molecule has 0 saturated heterocycles. The Morgan fingerprint density at radius 1 is 1.41 bits per heavy atom. The average Bonchev–Trinajstić information content (AvgIpc) is 3.17. The van der Waals surface area contributed by atoms with Crippen LogP contribution < -0.4 is 10.1 Å². The van der Waals surface area contributed by atoms with Crippen LogP contribution in [0.15, 0.2) is 41.2 Å². The molecule has 3 rings (SSSR count). The molecule has 0 fully saturated rings. The van der Waals surface area contributed by atoms with Gasteiger partial charge >= 0.3 is 0 Å². The molecule has 0 spiro atoms. The van der Waals surface area contributed by atoms with Gasteiger partial charge < -0.3 is 14.6 Å². The van der Waals surface area contributed by atoms with Crippen molar-refractivity contribution >= 4 is 11.7 Å². The second-order valence-electron chi connectivity index (χ2n) is 4.49. The number of nitrogens with one attached hydrogen (secondary N) is 2. The van der Waals surface area contributed by atoms with Gasteiger partial charge in [0.25, 0.3) is 5.91 Å². The van der Waals surface area contributed by atoms with Crippen LogP contribution in [0.3, 0.4) is 0 Å². The predicted octanol–water partition coefficient (Wildman–Crippen LogP) is 1.79. The van der Waals surface area contributed by atoms with Crippen LogP contribution in [-0.2, 0) is 4.79 Å². The largest absolute Gasteiger partial charge is 0.483 e. The number of hydrogen-bond acceptors (Lipinski definition) is 6. The number of benzene rings is 1. The van der Waals surface area contributed by atoms with Gasteiger partial charge in [-0.15, -0.1) is 0 Å². The van der Waals surface area contributed by atoms with E-state index in [9.17, 15) is 4.79 Å². The molecular weight excluding hydrogens is 286 g/mol. The fourth-order valence-corrected chi connectivity index (χ4v) is 1.87. The van der Waals surface area contributed by atoms with E-state index >= 15 is 0 Å². The molecule has 0 saturated carbocycles. The molecule has 8 heteroatoms. The van der Waals surface area contributed by atoms with Crippen molar-refractivity contribution in [3.8, 4) is 17.1 Å². The zero-order valence-corrected chi connectivity index (χ0v) is 11.7. The minimum atomic E-state index is -0.333. The fraction of sp³-hybridized carbons (Fsp3) is 0.143. The molecule has 2 aromatic heterocycles. The maximum absolute atomic E-state index is 11.8. The van der Waals surface area contributed by atoms with Crippen molar-refractivity contribution in [1.29, 1.82) is 0 Å². The molecule has 1 amide bonds. The molecule has 0 unspecified atom stereocenters. The van der Waals surface area contributed by atoms with Gasteiger partial charge in [0.2, 0.25) is 0 Å². The van der Waals surface area contributed by atoms with E-state index in [4.69, 9.17) is 9.26 Å². The van der Waals surface area contributed by atoms with E-state index in [1.807, 2.05) is 18.2 Å². The van der Waals surface area contributed by atoms with Crippen molar-refractivity contribution in [2.45, 2.75) is 6.92 Å². The first-order chi connectivity index (χ1) is 10.7. The third-order valence-corrected chi connectivity index (χ3v) is 2.81. The molecule has 0 atom stereocenters. The van der Waals surface area contributed by atoms with Crippen molar-refractivity contribution in [3.05, 3.63) is 42.4 Å². The van der Waals surface area contributed by atoms with Gasteiger partial charge in [-0.05, 0) is 19.1 Å². The van der Waals surface area contributed by atoms with E-state index in [2.05, 4.69) is 25.7 Å². The van der Waals surface area contributed by atoms with Gasteiger partial charge in [0.05, 0.1) is 5.56 Å². The zero-order valence-electron chi connectivity index (χ0n) is 11.7. The minimum absolute atomic E-state index is 0.156. The second kappa shape index (κ2) is 6.08. The first-order valence-corrected chi connectivity index (χ1v) is 6.53. The number of hydrogen-bond donors (Lipinski definition) is 2. The van der Waals surface area contributed by atoms with Crippen LogP contribution in [0.4, 0.5) is 5.82 Å². The Hall–Kier alpha value is -3.16. The maximum Gasteiger partial charge on any atom is 0.263 e. The number of nitrogens with zero attached hydrogens (tertiary/aromatic N) is 3.